The van der Waals surface area contributed by atoms with Crippen molar-refractivity contribution in [3.05, 3.63) is 54.4 Å². The molecule has 1 N–H and O–H groups in total. The Morgan fingerprint density at radius 2 is 1.82 bits per heavy atom. The van der Waals surface area contributed by atoms with Gasteiger partial charge >= 0.3 is 11.9 Å². The van der Waals surface area contributed by atoms with Gasteiger partial charge in [-0.1, -0.05) is 6.07 Å². The first-order chi connectivity index (χ1) is 15.9. The van der Waals surface area contributed by atoms with Gasteiger partial charge in [0.25, 0.3) is 0 Å². The molecular formula is C24H29N5O4. The molecule has 0 radical (unpaired) electrons. The second-order valence-electron chi connectivity index (χ2n) is 8.43. The number of benzene rings is 2. The van der Waals surface area contributed by atoms with Gasteiger partial charge in [0.15, 0.2) is 0 Å². The van der Waals surface area contributed by atoms with Crippen molar-refractivity contribution < 1.29 is 19.4 Å². The van der Waals surface area contributed by atoms with Gasteiger partial charge < -0.3 is 19.6 Å². The van der Waals surface area contributed by atoms with Crippen molar-refractivity contribution in [2.75, 3.05) is 64.9 Å². The Hall–Kier alpha value is -3.43. The molecule has 0 unspecified atom stereocenters. The molecule has 174 valence electrons. The molecule has 1 fully saturated rings. The van der Waals surface area contributed by atoms with Crippen molar-refractivity contribution in [2.24, 2.45) is 0 Å². The number of carbonyl (C=O) groups is 2. The number of aromatic nitrogens is 2. The Labute approximate surface area is 192 Å². The Kier molecular flexibility index (Phi) is 6.90. The van der Waals surface area contributed by atoms with Crippen molar-refractivity contribution >= 4 is 28.7 Å². The summed E-state index contributed by atoms with van der Waals surface area (Å²) in [5.41, 5.74) is 4.18. The first kappa shape index (κ1) is 22.8. The van der Waals surface area contributed by atoms with E-state index in [4.69, 9.17) is 9.84 Å². The molecule has 1 aliphatic heterocycles. The fourth-order valence-corrected chi connectivity index (χ4v) is 3.94. The lowest BCUT2D eigenvalue weighted by Gasteiger charge is -2.35. The monoisotopic (exact) mass is 451 g/mol. The molecule has 9 heteroatoms. The first-order valence-electron chi connectivity index (χ1n) is 11.0. The third kappa shape index (κ3) is 5.50. The predicted molar refractivity (Wildman–Crippen MR) is 126 cm³/mol. The number of carbonyl (C=O) groups excluding carboxylic acids is 1. The van der Waals surface area contributed by atoms with E-state index in [1.807, 2.05) is 46.7 Å². The van der Waals surface area contributed by atoms with E-state index < -0.39 is 5.97 Å². The molecule has 0 amide bonds. The minimum atomic E-state index is -0.789. The van der Waals surface area contributed by atoms with Crippen molar-refractivity contribution in [2.45, 2.75) is 0 Å². The van der Waals surface area contributed by atoms with E-state index >= 15 is 0 Å². The molecule has 9 nitrogen and oxygen atoms in total. The second-order valence-corrected chi connectivity index (χ2v) is 8.43. The molecule has 1 saturated heterocycles. The van der Waals surface area contributed by atoms with E-state index in [2.05, 4.69) is 22.0 Å². The van der Waals surface area contributed by atoms with E-state index in [1.54, 1.807) is 18.5 Å². The zero-order valence-corrected chi connectivity index (χ0v) is 19.0. The number of hydrogen-bond acceptors (Lipinski definition) is 7. The summed E-state index contributed by atoms with van der Waals surface area (Å²) >= 11 is 0. The number of rotatable bonds is 8. The SMILES string of the molecule is CN(C)CCOC(=O)c1ccc2c(c1)ncn2-c1cccc(N2CCN(CC(=O)O)CC2)c1. The van der Waals surface area contributed by atoms with Gasteiger partial charge in [-0.2, -0.15) is 0 Å². The number of fused-ring (bicyclic) bond motifs is 1. The second kappa shape index (κ2) is 10.0. The molecule has 0 atom stereocenters. The first-order valence-corrected chi connectivity index (χ1v) is 11.0. The van der Waals surface area contributed by atoms with Crippen LogP contribution in [0, 0.1) is 0 Å². The van der Waals surface area contributed by atoms with Gasteiger partial charge in [0, 0.05) is 44.1 Å². The maximum Gasteiger partial charge on any atom is 0.338 e. The molecule has 0 bridgehead atoms. The summed E-state index contributed by atoms with van der Waals surface area (Å²) in [4.78, 5) is 33.9. The summed E-state index contributed by atoms with van der Waals surface area (Å²) < 4.78 is 7.33. The van der Waals surface area contributed by atoms with Crippen LogP contribution < -0.4 is 4.90 Å². The fourth-order valence-electron chi connectivity index (χ4n) is 3.94. The van der Waals surface area contributed by atoms with E-state index in [1.165, 1.54) is 0 Å². The summed E-state index contributed by atoms with van der Waals surface area (Å²) in [6, 6.07) is 13.6. The molecule has 2 heterocycles. The summed E-state index contributed by atoms with van der Waals surface area (Å²) in [6.07, 6.45) is 1.76. The number of anilines is 1. The molecule has 1 aromatic heterocycles. The normalized spacial score (nSPS) is 14.7. The zero-order valence-electron chi connectivity index (χ0n) is 19.0. The highest BCUT2D eigenvalue weighted by molar-refractivity contribution is 5.94. The smallest absolute Gasteiger partial charge is 0.338 e. The fraction of sp³-hybridized carbons (Fsp3) is 0.375. The van der Waals surface area contributed by atoms with Crippen LogP contribution in [0.25, 0.3) is 16.7 Å². The maximum atomic E-state index is 12.3. The van der Waals surface area contributed by atoms with Crippen LogP contribution in [0.1, 0.15) is 10.4 Å². The number of nitrogens with zero attached hydrogens (tertiary/aromatic N) is 5. The molecule has 2 aromatic carbocycles. The minimum Gasteiger partial charge on any atom is -0.480 e. The highest BCUT2D eigenvalue weighted by atomic mass is 16.5. The van der Waals surface area contributed by atoms with Crippen LogP contribution in [0.15, 0.2) is 48.8 Å². The van der Waals surface area contributed by atoms with Crippen LogP contribution in [-0.4, -0.2) is 96.4 Å². The van der Waals surface area contributed by atoms with E-state index in [9.17, 15) is 9.59 Å². The molecule has 1 aliphatic rings. The van der Waals surface area contributed by atoms with Crippen LogP contribution in [0.4, 0.5) is 5.69 Å². The molecule has 0 saturated carbocycles. The number of piperazine rings is 1. The quantitative estimate of drug-likeness (QED) is 0.520. The van der Waals surface area contributed by atoms with Crippen LogP contribution in [0.2, 0.25) is 0 Å². The summed E-state index contributed by atoms with van der Waals surface area (Å²) in [6.45, 7) is 4.10. The number of likely N-dealkylation sites (N-methyl/N-ethyl adjacent to an activating group) is 1. The minimum absolute atomic E-state index is 0.0834. The van der Waals surface area contributed by atoms with Gasteiger partial charge in [-0.3, -0.25) is 14.3 Å². The lowest BCUT2D eigenvalue weighted by Crippen LogP contribution is -2.48. The zero-order chi connectivity index (χ0) is 23.4. The van der Waals surface area contributed by atoms with Gasteiger partial charge in [-0.25, -0.2) is 9.78 Å². The highest BCUT2D eigenvalue weighted by Crippen LogP contribution is 2.24. The van der Waals surface area contributed by atoms with Crippen LogP contribution in [-0.2, 0) is 9.53 Å². The number of carboxylic acid groups (broad SMARTS) is 1. The van der Waals surface area contributed by atoms with E-state index in [-0.39, 0.29) is 12.5 Å². The molecule has 33 heavy (non-hydrogen) atoms. The van der Waals surface area contributed by atoms with E-state index in [0.29, 0.717) is 18.7 Å². The number of imidazole rings is 1. The third-order valence-corrected chi connectivity index (χ3v) is 5.76. The lowest BCUT2D eigenvalue weighted by molar-refractivity contribution is -0.138. The topological polar surface area (TPSA) is 91.1 Å². The summed E-state index contributed by atoms with van der Waals surface area (Å²) in [5, 5.41) is 8.99. The lowest BCUT2D eigenvalue weighted by atomic mass is 10.2. The molecule has 3 aromatic rings. The van der Waals surface area contributed by atoms with Crippen molar-refractivity contribution in [1.82, 2.24) is 19.4 Å². The van der Waals surface area contributed by atoms with Crippen LogP contribution in [0.3, 0.4) is 0 Å². The number of hydrogen-bond donors (Lipinski definition) is 1. The summed E-state index contributed by atoms with van der Waals surface area (Å²) in [7, 11) is 3.86. The number of ether oxygens (including phenoxy) is 1. The van der Waals surface area contributed by atoms with Gasteiger partial charge in [0.2, 0.25) is 0 Å². The van der Waals surface area contributed by atoms with Crippen LogP contribution in [0.5, 0.6) is 0 Å². The average molecular weight is 452 g/mol. The number of aliphatic carboxylic acids is 1. The highest BCUT2D eigenvalue weighted by Gasteiger charge is 2.19. The van der Waals surface area contributed by atoms with Crippen molar-refractivity contribution in [1.29, 1.82) is 0 Å². The van der Waals surface area contributed by atoms with Crippen LogP contribution >= 0.6 is 0 Å². The molecule has 0 aliphatic carbocycles. The Balaban J connectivity index is 1.48. The molecular weight excluding hydrogens is 422 g/mol. The third-order valence-electron chi connectivity index (χ3n) is 5.76. The Morgan fingerprint density at radius 1 is 1.06 bits per heavy atom. The Morgan fingerprint density at radius 3 is 2.55 bits per heavy atom. The van der Waals surface area contributed by atoms with Crippen molar-refractivity contribution in [3.8, 4) is 5.69 Å². The van der Waals surface area contributed by atoms with Gasteiger partial charge in [-0.15, -0.1) is 0 Å². The molecule has 0 spiro atoms. The van der Waals surface area contributed by atoms with Gasteiger partial charge in [0.1, 0.15) is 12.9 Å². The maximum absolute atomic E-state index is 12.3. The standard InChI is InChI=1S/C24H29N5O4/c1-26(2)12-13-33-24(32)18-6-7-22-21(14-18)25-17-29(22)20-5-3-4-19(15-20)28-10-8-27(9-11-28)16-23(30)31/h3-7,14-15,17H,8-13,16H2,1-2H3,(H,30,31). The van der Waals surface area contributed by atoms with Crippen molar-refractivity contribution in [3.63, 3.8) is 0 Å². The Bertz CT molecular complexity index is 1130. The molecule has 4 rings (SSSR count). The van der Waals surface area contributed by atoms with Gasteiger partial charge in [-0.05, 0) is 50.5 Å². The predicted octanol–water partition coefficient (Wildman–Crippen LogP) is 1.95. The van der Waals surface area contributed by atoms with E-state index in [0.717, 1.165) is 48.6 Å². The van der Waals surface area contributed by atoms with Gasteiger partial charge in [0.05, 0.1) is 23.1 Å². The number of carboxylic acids is 1. The largest absolute Gasteiger partial charge is 0.480 e. The average Bonchev–Trinajstić information content (AvgIpc) is 3.22. The number of esters is 1. The summed E-state index contributed by atoms with van der Waals surface area (Å²) in [5.74, 6) is -1.14.